The number of carbonyl (C=O) groups excluding carboxylic acids is 1. The van der Waals surface area contributed by atoms with E-state index in [9.17, 15) is 13.2 Å². The first-order chi connectivity index (χ1) is 23.8. The van der Waals surface area contributed by atoms with Crippen LogP contribution in [0, 0.1) is 0 Å². The lowest BCUT2D eigenvalue weighted by atomic mass is 10.1. The van der Waals surface area contributed by atoms with E-state index in [1.54, 1.807) is 24.3 Å². The van der Waals surface area contributed by atoms with E-state index < -0.39 is 9.84 Å². The maximum absolute atomic E-state index is 13.4. The molecule has 1 N–H and O–H groups in total. The summed E-state index contributed by atoms with van der Waals surface area (Å²) in [5, 5.41) is 2.95. The van der Waals surface area contributed by atoms with Crippen LogP contribution in [0.25, 0.3) is 6.08 Å². The highest BCUT2D eigenvalue weighted by molar-refractivity contribution is 7.91. The topological polar surface area (TPSA) is 113 Å². The number of hydrogen-bond donors (Lipinski definition) is 1. The van der Waals surface area contributed by atoms with Gasteiger partial charge in [0.2, 0.25) is 0 Å². The van der Waals surface area contributed by atoms with Gasteiger partial charge in [-0.05, 0) is 105 Å². The molecule has 1 saturated heterocycles. The number of fused-ring (bicyclic) bond motifs is 1. The van der Waals surface area contributed by atoms with E-state index in [2.05, 4.69) is 24.2 Å². The summed E-state index contributed by atoms with van der Waals surface area (Å²) in [6.45, 7) is 8.70. The highest BCUT2D eigenvalue weighted by Gasteiger charge is 2.25. The number of hydrogen-bond acceptors (Lipinski definition) is 9. The highest BCUT2D eigenvalue weighted by Crippen LogP contribution is 2.32. The Bertz CT molecular complexity index is 1680. The number of nitrogens with zero attached hydrogens (tertiary/aromatic N) is 1. The Kier molecular flexibility index (Phi) is 13.1. The van der Waals surface area contributed by atoms with E-state index in [0.717, 1.165) is 50.1 Å². The van der Waals surface area contributed by atoms with Gasteiger partial charge in [0, 0.05) is 43.7 Å². The monoisotopic (exact) mass is 692 g/mol. The Balaban J connectivity index is 1.23. The number of benzene rings is 3. The molecule has 3 aromatic carbocycles. The van der Waals surface area contributed by atoms with Crippen LogP contribution < -0.4 is 19.5 Å². The average Bonchev–Trinajstić information content (AvgIpc) is 3.24. The Morgan fingerprint density at radius 2 is 1.67 bits per heavy atom. The molecule has 0 bridgehead atoms. The Morgan fingerprint density at radius 3 is 2.43 bits per heavy atom. The highest BCUT2D eigenvalue weighted by atomic mass is 32.2. The predicted molar refractivity (Wildman–Crippen MR) is 190 cm³/mol. The van der Waals surface area contributed by atoms with E-state index in [0.29, 0.717) is 66.5 Å². The maximum Gasteiger partial charge on any atom is 0.251 e. The van der Waals surface area contributed by atoms with Gasteiger partial charge in [-0.3, -0.25) is 9.69 Å². The van der Waals surface area contributed by atoms with Crippen LogP contribution >= 0.6 is 0 Å². The maximum atomic E-state index is 13.4. The first kappa shape index (κ1) is 36.4. The molecular formula is C38H48N2O8S. The van der Waals surface area contributed by atoms with Gasteiger partial charge in [0.25, 0.3) is 5.91 Å². The summed E-state index contributed by atoms with van der Waals surface area (Å²) in [5.74, 6) is 1.24. The van der Waals surface area contributed by atoms with Crippen molar-refractivity contribution in [2.24, 2.45) is 0 Å². The third kappa shape index (κ3) is 10.3. The van der Waals surface area contributed by atoms with Gasteiger partial charge in [-0.15, -0.1) is 0 Å². The molecule has 264 valence electrons. The van der Waals surface area contributed by atoms with Crippen molar-refractivity contribution in [2.75, 3.05) is 57.8 Å². The molecule has 0 spiro atoms. The minimum atomic E-state index is -3.60. The number of nitrogens with one attached hydrogen (secondary N) is 1. The van der Waals surface area contributed by atoms with Gasteiger partial charge in [0.1, 0.15) is 19.0 Å². The van der Waals surface area contributed by atoms with E-state index in [4.69, 9.17) is 23.7 Å². The molecule has 1 amide bonds. The second-order valence-electron chi connectivity index (χ2n) is 12.3. The van der Waals surface area contributed by atoms with E-state index >= 15 is 0 Å². The number of carbonyl (C=O) groups is 1. The molecule has 3 aromatic rings. The van der Waals surface area contributed by atoms with E-state index in [1.165, 1.54) is 0 Å². The molecule has 5 rings (SSSR count). The number of amides is 1. The van der Waals surface area contributed by atoms with Crippen molar-refractivity contribution in [3.63, 3.8) is 0 Å². The van der Waals surface area contributed by atoms with E-state index in [-0.39, 0.29) is 29.6 Å². The zero-order valence-corrected chi connectivity index (χ0v) is 29.6. The second-order valence-corrected chi connectivity index (χ2v) is 14.4. The fourth-order valence-corrected chi connectivity index (χ4v) is 7.37. The fourth-order valence-electron chi connectivity index (χ4n) is 5.91. The minimum Gasteiger partial charge on any atom is -0.490 e. The van der Waals surface area contributed by atoms with Crippen LogP contribution in [0.2, 0.25) is 0 Å². The SMILES string of the molecule is CCCOCCOc1ccc(COc2ccc3c(c2)C=C(C(=O)Nc2ccc(CN(C)C4CCOCC4)cc2)CCS3(=O)=O)cc1OCC. The first-order valence-electron chi connectivity index (χ1n) is 17.1. The van der Waals surface area contributed by atoms with Crippen LogP contribution in [0.5, 0.6) is 17.2 Å². The molecule has 2 heterocycles. The number of sulfone groups is 1. The van der Waals surface area contributed by atoms with Crippen molar-refractivity contribution in [1.29, 1.82) is 0 Å². The normalized spacial score (nSPS) is 16.0. The number of ether oxygens (including phenoxy) is 5. The van der Waals surface area contributed by atoms with Crippen molar-refractivity contribution in [3.05, 3.63) is 82.9 Å². The summed E-state index contributed by atoms with van der Waals surface area (Å²) in [6, 6.07) is 18.8. The Labute approximate surface area is 290 Å². The average molecular weight is 693 g/mol. The molecule has 0 unspecified atom stereocenters. The van der Waals surface area contributed by atoms with Crippen LogP contribution in [-0.4, -0.2) is 77.7 Å². The zero-order valence-electron chi connectivity index (χ0n) is 28.7. The van der Waals surface area contributed by atoms with Gasteiger partial charge >= 0.3 is 0 Å². The van der Waals surface area contributed by atoms with Crippen molar-refractivity contribution in [3.8, 4) is 17.2 Å². The largest absolute Gasteiger partial charge is 0.490 e. The summed E-state index contributed by atoms with van der Waals surface area (Å²) < 4.78 is 55.0. The lowest BCUT2D eigenvalue weighted by Crippen LogP contribution is -2.36. The van der Waals surface area contributed by atoms with Gasteiger partial charge in [-0.25, -0.2) is 8.42 Å². The lowest BCUT2D eigenvalue weighted by molar-refractivity contribution is -0.112. The van der Waals surface area contributed by atoms with Gasteiger partial charge in [-0.1, -0.05) is 25.1 Å². The summed E-state index contributed by atoms with van der Waals surface area (Å²) in [5.41, 5.74) is 3.48. The van der Waals surface area contributed by atoms with Crippen LogP contribution in [0.3, 0.4) is 0 Å². The van der Waals surface area contributed by atoms with Crippen LogP contribution in [0.1, 0.15) is 56.2 Å². The molecule has 0 aromatic heterocycles. The summed E-state index contributed by atoms with van der Waals surface area (Å²) in [4.78, 5) is 15.9. The summed E-state index contributed by atoms with van der Waals surface area (Å²) in [6.07, 6.45) is 4.77. The fraction of sp³-hybridized carbons (Fsp3) is 0.447. The quantitative estimate of drug-likeness (QED) is 0.173. The smallest absolute Gasteiger partial charge is 0.251 e. The third-order valence-corrected chi connectivity index (χ3v) is 10.4. The van der Waals surface area contributed by atoms with Crippen LogP contribution in [-0.2, 0) is 37.3 Å². The van der Waals surface area contributed by atoms with Crippen molar-refractivity contribution < 1.29 is 36.9 Å². The molecule has 1 fully saturated rings. The third-order valence-electron chi connectivity index (χ3n) is 8.58. The molecule has 2 aliphatic heterocycles. The van der Waals surface area contributed by atoms with Crippen molar-refractivity contribution >= 4 is 27.5 Å². The van der Waals surface area contributed by atoms with Gasteiger partial charge in [-0.2, -0.15) is 0 Å². The van der Waals surface area contributed by atoms with E-state index in [1.807, 2.05) is 49.4 Å². The number of rotatable bonds is 16. The lowest BCUT2D eigenvalue weighted by Gasteiger charge is -2.31. The molecule has 11 heteroatoms. The molecule has 0 atom stereocenters. The van der Waals surface area contributed by atoms with Gasteiger partial charge in [0.15, 0.2) is 21.3 Å². The number of anilines is 1. The van der Waals surface area contributed by atoms with Crippen molar-refractivity contribution in [2.45, 2.75) is 63.6 Å². The van der Waals surface area contributed by atoms with Gasteiger partial charge < -0.3 is 29.0 Å². The van der Waals surface area contributed by atoms with Gasteiger partial charge in [0.05, 0.1) is 23.9 Å². The van der Waals surface area contributed by atoms with Crippen molar-refractivity contribution in [1.82, 2.24) is 4.90 Å². The zero-order chi connectivity index (χ0) is 34.6. The molecular weight excluding hydrogens is 644 g/mol. The molecule has 0 aliphatic carbocycles. The second kappa shape index (κ2) is 17.7. The molecule has 0 saturated carbocycles. The Hall–Kier alpha value is -3.90. The first-order valence-corrected chi connectivity index (χ1v) is 18.8. The van der Waals surface area contributed by atoms with Crippen LogP contribution in [0.4, 0.5) is 5.69 Å². The summed E-state index contributed by atoms with van der Waals surface area (Å²) >= 11 is 0. The van der Waals surface area contributed by atoms with Crippen LogP contribution in [0.15, 0.2) is 71.1 Å². The summed E-state index contributed by atoms with van der Waals surface area (Å²) in [7, 11) is -1.47. The molecule has 0 radical (unpaired) electrons. The Morgan fingerprint density at radius 1 is 0.898 bits per heavy atom. The predicted octanol–water partition coefficient (Wildman–Crippen LogP) is 6.28. The standard InChI is InChI=1S/C38H48N2O8S/c1-4-17-44-20-21-47-35-12-8-29(23-36(35)46-5-2)27-48-34-11-13-37-31(25-34)24-30(16-22-49(37,42)43)38(41)39-32-9-6-28(7-10-32)26-40(3)33-14-18-45-19-15-33/h6-13,23-25,33H,4-5,14-22,26-27H2,1-3H3,(H,39,41). The molecule has 2 aliphatic rings. The minimum absolute atomic E-state index is 0.104. The molecule has 49 heavy (non-hydrogen) atoms. The molecule has 10 nitrogen and oxygen atoms in total.